The lowest BCUT2D eigenvalue weighted by Crippen LogP contribution is -2.28. The minimum Gasteiger partial charge on any atom is -0.291 e. The maximum Gasteiger partial charge on any atom is 0.348 e. The van der Waals surface area contributed by atoms with E-state index in [9.17, 15) is 13.2 Å². The van der Waals surface area contributed by atoms with E-state index in [2.05, 4.69) is 4.98 Å². The molecule has 0 aliphatic heterocycles. The van der Waals surface area contributed by atoms with Crippen LogP contribution in [0.2, 0.25) is 0 Å². The Hall–Kier alpha value is -1.69. The fourth-order valence-electron chi connectivity index (χ4n) is 2.17. The van der Waals surface area contributed by atoms with Crippen LogP contribution in [-0.2, 0) is 16.4 Å². The first kappa shape index (κ1) is 14.7. The SMILES string of the molecule is CC(C)c1nc(=O)n(CCS(C)(=O)=O)c2ccccc12. The minimum absolute atomic E-state index is 0.0698. The standard InChI is InChI=1S/C14H18N2O3S/c1-10(2)13-11-6-4-5-7-12(11)16(14(17)15-13)8-9-20(3,18)19/h4-7,10H,8-9H2,1-3H3. The molecule has 0 spiro atoms. The summed E-state index contributed by atoms with van der Waals surface area (Å²) in [5.74, 6) is 0.0664. The van der Waals surface area contributed by atoms with E-state index in [0.29, 0.717) is 0 Å². The fourth-order valence-corrected chi connectivity index (χ4v) is 2.68. The first-order valence-corrected chi connectivity index (χ1v) is 8.53. The molecule has 1 heterocycles. The highest BCUT2D eigenvalue weighted by atomic mass is 32.2. The highest BCUT2D eigenvalue weighted by Crippen LogP contribution is 2.21. The van der Waals surface area contributed by atoms with Gasteiger partial charge in [0.15, 0.2) is 0 Å². The van der Waals surface area contributed by atoms with Crippen molar-refractivity contribution in [3.05, 3.63) is 40.4 Å². The van der Waals surface area contributed by atoms with Crippen LogP contribution in [0.25, 0.3) is 10.9 Å². The Kier molecular flexibility index (Phi) is 3.94. The number of hydrogen-bond donors (Lipinski definition) is 0. The predicted molar refractivity (Wildman–Crippen MR) is 79.8 cm³/mol. The molecular weight excluding hydrogens is 276 g/mol. The lowest BCUT2D eigenvalue weighted by atomic mass is 10.0. The summed E-state index contributed by atoms with van der Waals surface area (Å²) in [6.07, 6.45) is 1.16. The third-order valence-electron chi connectivity index (χ3n) is 3.15. The fraction of sp³-hybridized carbons (Fsp3) is 0.429. The number of aromatic nitrogens is 2. The van der Waals surface area contributed by atoms with E-state index in [0.717, 1.165) is 22.9 Å². The molecule has 0 fully saturated rings. The normalized spacial score (nSPS) is 12.2. The van der Waals surface area contributed by atoms with E-state index in [4.69, 9.17) is 0 Å². The Morgan fingerprint density at radius 1 is 1.25 bits per heavy atom. The zero-order valence-corrected chi connectivity index (χ0v) is 12.6. The summed E-state index contributed by atoms with van der Waals surface area (Å²) in [4.78, 5) is 16.2. The average molecular weight is 294 g/mol. The zero-order chi connectivity index (χ0) is 14.9. The summed E-state index contributed by atoms with van der Waals surface area (Å²) in [7, 11) is -3.12. The highest BCUT2D eigenvalue weighted by molar-refractivity contribution is 7.90. The zero-order valence-electron chi connectivity index (χ0n) is 11.8. The summed E-state index contributed by atoms with van der Waals surface area (Å²) < 4.78 is 24.0. The quantitative estimate of drug-likeness (QED) is 0.858. The first-order valence-electron chi connectivity index (χ1n) is 6.47. The van der Waals surface area contributed by atoms with Crippen molar-refractivity contribution < 1.29 is 8.42 Å². The molecule has 2 aromatic rings. The molecule has 108 valence electrons. The molecule has 0 unspecified atom stereocenters. The van der Waals surface area contributed by atoms with Gasteiger partial charge in [-0.15, -0.1) is 0 Å². The third kappa shape index (κ3) is 3.07. The summed E-state index contributed by atoms with van der Waals surface area (Å²) in [6, 6.07) is 7.46. The van der Waals surface area contributed by atoms with Crippen molar-refractivity contribution >= 4 is 20.7 Å². The van der Waals surface area contributed by atoms with Gasteiger partial charge in [0.1, 0.15) is 9.84 Å². The van der Waals surface area contributed by atoms with Gasteiger partial charge in [-0.1, -0.05) is 32.0 Å². The Balaban J connectivity index is 2.64. The molecule has 0 radical (unpaired) electrons. The Morgan fingerprint density at radius 3 is 2.50 bits per heavy atom. The lowest BCUT2D eigenvalue weighted by molar-refractivity contribution is 0.593. The molecule has 6 heteroatoms. The van der Waals surface area contributed by atoms with E-state index >= 15 is 0 Å². The van der Waals surface area contributed by atoms with Gasteiger partial charge < -0.3 is 0 Å². The van der Waals surface area contributed by atoms with Crippen LogP contribution in [0.15, 0.2) is 29.1 Å². The lowest BCUT2D eigenvalue weighted by Gasteiger charge is -2.13. The van der Waals surface area contributed by atoms with Crippen molar-refractivity contribution in [2.45, 2.75) is 26.3 Å². The van der Waals surface area contributed by atoms with Gasteiger partial charge in [-0.05, 0) is 12.0 Å². The molecule has 1 aromatic heterocycles. The van der Waals surface area contributed by atoms with E-state index in [-0.39, 0.29) is 18.2 Å². The van der Waals surface area contributed by atoms with Gasteiger partial charge in [0.05, 0.1) is 17.0 Å². The molecule has 0 bridgehead atoms. The Morgan fingerprint density at radius 2 is 1.90 bits per heavy atom. The van der Waals surface area contributed by atoms with Crippen LogP contribution in [0.1, 0.15) is 25.5 Å². The van der Waals surface area contributed by atoms with Gasteiger partial charge in [-0.3, -0.25) is 4.57 Å². The molecule has 0 aliphatic rings. The largest absolute Gasteiger partial charge is 0.348 e. The molecule has 0 saturated heterocycles. The van der Waals surface area contributed by atoms with Crippen LogP contribution in [0.5, 0.6) is 0 Å². The third-order valence-corrected chi connectivity index (χ3v) is 4.07. The van der Waals surface area contributed by atoms with E-state index in [1.165, 1.54) is 4.57 Å². The molecule has 0 saturated carbocycles. The van der Waals surface area contributed by atoms with Crippen molar-refractivity contribution in [1.82, 2.24) is 9.55 Å². The van der Waals surface area contributed by atoms with Crippen molar-refractivity contribution in [1.29, 1.82) is 0 Å². The van der Waals surface area contributed by atoms with Gasteiger partial charge in [0, 0.05) is 18.2 Å². The van der Waals surface area contributed by atoms with Crippen LogP contribution in [0.4, 0.5) is 0 Å². The van der Waals surface area contributed by atoms with Gasteiger partial charge in [0.2, 0.25) is 0 Å². The maximum absolute atomic E-state index is 12.1. The van der Waals surface area contributed by atoms with Crippen LogP contribution in [-0.4, -0.2) is 30.0 Å². The number of para-hydroxylation sites is 1. The second-order valence-electron chi connectivity index (χ2n) is 5.23. The molecule has 2 rings (SSSR count). The van der Waals surface area contributed by atoms with Crippen molar-refractivity contribution in [3.8, 4) is 0 Å². The number of hydrogen-bond acceptors (Lipinski definition) is 4. The summed E-state index contributed by atoms with van der Waals surface area (Å²) in [5, 5.41) is 0.899. The summed E-state index contributed by atoms with van der Waals surface area (Å²) in [6.45, 7) is 4.09. The topological polar surface area (TPSA) is 69.0 Å². The number of nitrogens with zero attached hydrogens (tertiary/aromatic N) is 2. The number of benzene rings is 1. The number of fused-ring (bicyclic) bond motifs is 1. The molecule has 0 amide bonds. The monoisotopic (exact) mass is 294 g/mol. The molecule has 5 nitrogen and oxygen atoms in total. The van der Waals surface area contributed by atoms with Crippen LogP contribution in [0, 0.1) is 0 Å². The second-order valence-corrected chi connectivity index (χ2v) is 7.49. The van der Waals surface area contributed by atoms with Gasteiger partial charge in [-0.2, -0.15) is 4.98 Å². The second kappa shape index (κ2) is 5.36. The summed E-state index contributed by atoms with van der Waals surface area (Å²) in [5.41, 5.74) is 1.09. The number of rotatable bonds is 4. The van der Waals surface area contributed by atoms with Gasteiger partial charge in [-0.25, -0.2) is 13.2 Å². The molecule has 1 aromatic carbocycles. The van der Waals surface area contributed by atoms with Crippen LogP contribution in [0.3, 0.4) is 0 Å². The predicted octanol–water partition coefficient (Wildman–Crippen LogP) is 1.56. The average Bonchev–Trinajstić information content (AvgIpc) is 2.35. The van der Waals surface area contributed by atoms with Gasteiger partial charge in [0.25, 0.3) is 0 Å². The summed E-state index contributed by atoms with van der Waals surface area (Å²) >= 11 is 0. The highest BCUT2D eigenvalue weighted by Gasteiger charge is 2.13. The van der Waals surface area contributed by atoms with Crippen molar-refractivity contribution in [3.63, 3.8) is 0 Å². The molecule has 0 aliphatic carbocycles. The molecule has 0 atom stereocenters. The smallest absolute Gasteiger partial charge is 0.291 e. The minimum atomic E-state index is -3.12. The maximum atomic E-state index is 12.1. The van der Waals surface area contributed by atoms with Crippen LogP contribution >= 0.6 is 0 Å². The van der Waals surface area contributed by atoms with Crippen LogP contribution < -0.4 is 5.69 Å². The first-order chi connectivity index (χ1) is 9.29. The Labute approximate surface area is 118 Å². The number of aryl methyl sites for hydroxylation is 1. The van der Waals surface area contributed by atoms with Crippen molar-refractivity contribution in [2.75, 3.05) is 12.0 Å². The molecule has 0 N–H and O–H groups in total. The van der Waals surface area contributed by atoms with Crippen molar-refractivity contribution in [2.24, 2.45) is 0 Å². The van der Waals surface area contributed by atoms with E-state index < -0.39 is 15.5 Å². The molecular formula is C14H18N2O3S. The van der Waals surface area contributed by atoms with E-state index in [1.807, 2.05) is 38.1 Å². The van der Waals surface area contributed by atoms with Gasteiger partial charge >= 0.3 is 5.69 Å². The Bertz CT molecular complexity index is 792. The van der Waals surface area contributed by atoms with E-state index in [1.54, 1.807) is 0 Å². The number of sulfone groups is 1. The molecule has 20 heavy (non-hydrogen) atoms.